The lowest BCUT2D eigenvalue weighted by Gasteiger charge is -2.10. The molecule has 0 aliphatic carbocycles. The van der Waals surface area contributed by atoms with Gasteiger partial charge in [-0.2, -0.15) is 0 Å². The van der Waals surface area contributed by atoms with Crippen LogP contribution >= 0.6 is 15.9 Å². The molecule has 5 heteroatoms. The molecular weight excluding hydrogens is 349 g/mol. The molecule has 0 unspecified atom stereocenters. The zero-order chi connectivity index (χ0) is 15.9. The minimum Gasteiger partial charge on any atom is -0.492 e. The van der Waals surface area contributed by atoms with Crippen LogP contribution in [0.15, 0.2) is 46.9 Å². The summed E-state index contributed by atoms with van der Waals surface area (Å²) in [6.07, 6.45) is 2.03. The number of carbonyl (C=O) groups excluding carboxylic acids is 1. The van der Waals surface area contributed by atoms with Crippen molar-refractivity contribution in [1.29, 1.82) is 0 Å². The Morgan fingerprint density at radius 3 is 2.73 bits per heavy atom. The van der Waals surface area contributed by atoms with Crippen molar-refractivity contribution in [3.63, 3.8) is 0 Å². The summed E-state index contributed by atoms with van der Waals surface area (Å²) in [5.74, 6) is -0.142. The lowest BCUT2D eigenvalue weighted by atomic mass is 10.2. The summed E-state index contributed by atoms with van der Waals surface area (Å²) in [4.78, 5) is 12.2. The van der Waals surface area contributed by atoms with Crippen molar-refractivity contribution in [2.75, 3.05) is 11.9 Å². The summed E-state index contributed by atoms with van der Waals surface area (Å²) in [7, 11) is 0. The molecule has 2 aromatic carbocycles. The third-order valence-corrected chi connectivity index (χ3v) is 3.69. The van der Waals surface area contributed by atoms with Crippen LogP contribution in [-0.2, 0) is 0 Å². The average Bonchev–Trinajstić information content (AvgIpc) is 2.51. The Labute approximate surface area is 137 Å². The van der Waals surface area contributed by atoms with Crippen LogP contribution in [0.1, 0.15) is 30.1 Å². The molecule has 0 saturated carbocycles. The van der Waals surface area contributed by atoms with Gasteiger partial charge in [-0.05, 0) is 52.7 Å². The van der Waals surface area contributed by atoms with Crippen LogP contribution in [-0.4, -0.2) is 12.5 Å². The second-order valence-corrected chi connectivity index (χ2v) is 5.64. The van der Waals surface area contributed by atoms with Gasteiger partial charge in [-0.3, -0.25) is 4.79 Å². The van der Waals surface area contributed by atoms with E-state index in [-0.39, 0.29) is 11.6 Å². The van der Waals surface area contributed by atoms with E-state index in [1.165, 1.54) is 12.1 Å². The van der Waals surface area contributed by atoms with Crippen molar-refractivity contribution >= 4 is 27.5 Å². The molecule has 1 amide bonds. The molecule has 2 rings (SSSR count). The minimum atomic E-state index is -0.463. The number of unbranched alkanes of at least 4 members (excludes halogenated alkanes) is 1. The van der Waals surface area contributed by atoms with E-state index in [2.05, 4.69) is 28.2 Å². The highest BCUT2D eigenvalue weighted by atomic mass is 79.9. The van der Waals surface area contributed by atoms with Gasteiger partial charge in [0.2, 0.25) is 0 Å². The van der Waals surface area contributed by atoms with Crippen molar-refractivity contribution in [1.82, 2.24) is 0 Å². The van der Waals surface area contributed by atoms with E-state index in [1.54, 1.807) is 30.3 Å². The zero-order valence-corrected chi connectivity index (χ0v) is 13.8. The predicted octanol–water partition coefficient (Wildman–Crippen LogP) is 5.02. The van der Waals surface area contributed by atoms with Crippen molar-refractivity contribution in [2.24, 2.45) is 0 Å². The molecule has 0 spiro atoms. The first-order valence-corrected chi connectivity index (χ1v) is 7.89. The number of hydrogen-bond acceptors (Lipinski definition) is 2. The Kier molecular flexibility index (Phi) is 5.95. The number of rotatable bonds is 6. The van der Waals surface area contributed by atoms with Crippen LogP contribution in [0.2, 0.25) is 0 Å². The summed E-state index contributed by atoms with van der Waals surface area (Å²) >= 11 is 3.39. The van der Waals surface area contributed by atoms with Crippen LogP contribution in [0.5, 0.6) is 5.75 Å². The van der Waals surface area contributed by atoms with Gasteiger partial charge in [0.05, 0.1) is 16.8 Å². The monoisotopic (exact) mass is 365 g/mol. The summed E-state index contributed by atoms with van der Waals surface area (Å²) in [5, 5.41) is 2.55. The largest absolute Gasteiger partial charge is 0.492 e. The number of hydrogen-bond donors (Lipinski definition) is 1. The SMILES string of the molecule is CCCCOc1ccc(C(=O)Nc2ccccc2F)cc1Br. The highest BCUT2D eigenvalue weighted by molar-refractivity contribution is 9.10. The maximum absolute atomic E-state index is 13.5. The Hall–Kier alpha value is -1.88. The van der Waals surface area contributed by atoms with E-state index >= 15 is 0 Å². The lowest BCUT2D eigenvalue weighted by Crippen LogP contribution is -2.13. The number of anilines is 1. The molecule has 0 saturated heterocycles. The molecule has 0 atom stereocenters. The number of halogens is 2. The van der Waals surface area contributed by atoms with Gasteiger partial charge >= 0.3 is 0 Å². The number of benzene rings is 2. The molecular formula is C17H17BrFNO2. The fraction of sp³-hybridized carbons (Fsp3) is 0.235. The Bertz CT molecular complexity index is 661. The number of nitrogens with one attached hydrogen (secondary N) is 1. The highest BCUT2D eigenvalue weighted by Crippen LogP contribution is 2.26. The van der Waals surface area contributed by atoms with Crippen molar-refractivity contribution in [3.05, 3.63) is 58.3 Å². The van der Waals surface area contributed by atoms with E-state index in [1.807, 2.05) is 0 Å². The molecule has 3 nitrogen and oxygen atoms in total. The molecule has 2 aromatic rings. The number of para-hydroxylation sites is 1. The van der Waals surface area contributed by atoms with Gasteiger partial charge in [-0.15, -0.1) is 0 Å². The van der Waals surface area contributed by atoms with Crippen molar-refractivity contribution < 1.29 is 13.9 Å². The number of carbonyl (C=O) groups is 1. The Balaban J connectivity index is 2.07. The Morgan fingerprint density at radius 1 is 1.27 bits per heavy atom. The van der Waals surface area contributed by atoms with Crippen LogP contribution in [0, 0.1) is 5.82 Å². The summed E-state index contributed by atoms with van der Waals surface area (Å²) in [6.45, 7) is 2.73. The van der Waals surface area contributed by atoms with Gasteiger partial charge in [0, 0.05) is 5.56 Å². The molecule has 0 aromatic heterocycles. The first-order chi connectivity index (χ1) is 10.6. The van der Waals surface area contributed by atoms with Crippen molar-refractivity contribution in [2.45, 2.75) is 19.8 Å². The predicted molar refractivity (Wildman–Crippen MR) is 88.9 cm³/mol. The third-order valence-electron chi connectivity index (χ3n) is 3.07. The zero-order valence-electron chi connectivity index (χ0n) is 12.2. The maximum atomic E-state index is 13.5. The van der Waals surface area contributed by atoms with Gasteiger partial charge in [-0.25, -0.2) is 4.39 Å². The van der Waals surface area contributed by atoms with Crippen LogP contribution in [0.4, 0.5) is 10.1 Å². The van der Waals surface area contributed by atoms with E-state index in [0.717, 1.165) is 12.8 Å². The number of amides is 1. The first kappa shape index (κ1) is 16.5. The first-order valence-electron chi connectivity index (χ1n) is 7.10. The van der Waals surface area contributed by atoms with Crippen LogP contribution in [0.25, 0.3) is 0 Å². The van der Waals surface area contributed by atoms with E-state index in [9.17, 15) is 9.18 Å². The molecule has 0 aliphatic rings. The fourth-order valence-corrected chi connectivity index (χ4v) is 2.34. The van der Waals surface area contributed by atoms with Crippen molar-refractivity contribution in [3.8, 4) is 5.75 Å². The van der Waals surface area contributed by atoms with Crippen LogP contribution < -0.4 is 10.1 Å². The van der Waals surface area contributed by atoms with Gasteiger partial charge in [0.1, 0.15) is 11.6 Å². The molecule has 0 bridgehead atoms. The lowest BCUT2D eigenvalue weighted by molar-refractivity contribution is 0.102. The number of ether oxygens (including phenoxy) is 1. The standard InChI is InChI=1S/C17H17BrFNO2/c1-2-3-10-22-16-9-8-12(11-13(16)18)17(21)20-15-7-5-4-6-14(15)19/h4-9,11H,2-3,10H2,1H3,(H,20,21). The van der Waals surface area contributed by atoms with Crippen LogP contribution in [0.3, 0.4) is 0 Å². The molecule has 0 aliphatic heterocycles. The molecule has 0 radical (unpaired) electrons. The van der Waals surface area contributed by atoms with E-state index in [0.29, 0.717) is 22.4 Å². The average molecular weight is 366 g/mol. The maximum Gasteiger partial charge on any atom is 0.255 e. The summed E-state index contributed by atoms with van der Waals surface area (Å²) in [6, 6.07) is 11.1. The second kappa shape index (κ2) is 7.94. The molecule has 0 heterocycles. The normalized spacial score (nSPS) is 10.3. The van der Waals surface area contributed by atoms with Gasteiger partial charge < -0.3 is 10.1 Å². The fourth-order valence-electron chi connectivity index (χ4n) is 1.84. The van der Waals surface area contributed by atoms with Gasteiger partial charge in [-0.1, -0.05) is 25.5 Å². The molecule has 0 fully saturated rings. The quantitative estimate of drug-likeness (QED) is 0.729. The van der Waals surface area contributed by atoms with E-state index < -0.39 is 5.82 Å². The Morgan fingerprint density at radius 2 is 2.05 bits per heavy atom. The van der Waals surface area contributed by atoms with Gasteiger partial charge in [0.25, 0.3) is 5.91 Å². The van der Waals surface area contributed by atoms with E-state index in [4.69, 9.17) is 4.74 Å². The summed E-state index contributed by atoms with van der Waals surface area (Å²) < 4.78 is 19.8. The smallest absolute Gasteiger partial charge is 0.255 e. The molecule has 1 N–H and O–H groups in total. The second-order valence-electron chi connectivity index (χ2n) is 4.78. The molecule has 116 valence electrons. The minimum absolute atomic E-state index is 0.159. The summed E-state index contributed by atoms with van der Waals surface area (Å²) in [5.41, 5.74) is 0.588. The topological polar surface area (TPSA) is 38.3 Å². The highest BCUT2D eigenvalue weighted by Gasteiger charge is 2.11. The van der Waals surface area contributed by atoms with Gasteiger partial charge in [0.15, 0.2) is 0 Å². The molecule has 22 heavy (non-hydrogen) atoms. The third kappa shape index (κ3) is 4.31.